The molecule has 18 heavy (non-hydrogen) atoms. The van der Waals surface area contributed by atoms with E-state index in [-0.39, 0.29) is 0 Å². The minimum absolute atomic E-state index is 0.335. The van der Waals surface area contributed by atoms with Gasteiger partial charge in [-0.25, -0.2) is 0 Å². The Hall–Kier alpha value is -1.18. The van der Waals surface area contributed by atoms with Crippen LogP contribution in [0.3, 0.4) is 0 Å². The molecule has 0 spiro atoms. The summed E-state index contributed by atoms with van der Waals surface area (Å²) in [4.78, 5) is 8.72. The first-order chi connectivity index (χ1) is 8.67. The quantitative estimate of drug-likeness (QED) is 0.700. The Kier molecular flexibility index (Phi) is 2.96. The Balaban J connectivity index is 1.73. The van der Waals surface area contributed by atoms with Crippen LogP contribution < -0.4 is 10.2 Å². The lowest BCUT2D eigenvalue weighted by molar-refractivity contribution is 0.0243. The Labute approximate surface area is 106 Å². The van der Waals surface area contributed by atoms with E-state index in [0.29, 0.717) is 24.8 Å². The number of β-amino-alcohol motifs (C(OH)–C–C–N with tert-alkyl or cyclic N) is 1. The smallest absolute Gasteiger partial charge is 0.266 e. The van der Waals surface area contributed by atoms with Crippen LogP contribution in [0.25, 0.3) is 0 Å². The Morgan fingerprint density at radius 3 is 2.78 bits per heavy atom. The lowest BCUT2D eigenvalue weighted by atomic mass is 10.0. The van der Waals surface area contributed by atoms with Crippen molar-refractivity contribution in [2.24, 2.45) is 0 Å². The Bertz CT molecular complexity index is 407. The highest BCUT2D eigenvalue weighted by molar-refractivity contribution is 5.29. The molecule has 2 aliphatic rings. The molecule has 2 aliphatic heterocycles. The van der Waals surface area contributed by atoms with Gasteiger partial charge in [-0.1, -0.05) is 0 Å². The van der Waals surface area contributed by atoms with Gasteiger partial charge in [0, 0.05) is 32.7 Å². The lowest BCUT2D eigenvalue weighted by Crippen LogP contribution is -2.45. The SMILES string of the molecule is CN1CCN(c2noc(C3(O)CCNC3)n2)CC1. The fourth-order valence-electron chi connectivity index (χ4n) is 2.40. The Morgan fingerprint density at radius 1 is 1.33 bits per heavy atom. The van der Waals surface area contributed by atoms with E-state index in [9.17, 15) is 5.11 Å². The third-order valence-electron chi connectivity index (χ3n) is 3.73. The topological polar surface area (TPSA) is 77.7 Å². The molecule has 0 aromatic carbocycles. The number of likely N-dealkylation sites (N-methyl/N-ethyl adjacent to an activating group) is 1. The summed E-state index contributed by atoms with van der Waals surface area (Å²) in [5.74, 6) is 0.930. The zero-order valence-corrected chi connectivity index (χ0v) is 10.6. The molecule has 7 nitrogen and oxygen atoms in total. The molecule has 3 heterocycles. The van der Waals surface area contributed by atoms with Crippen LogP contribution in [0.4, 0.5) is 5.95 Å². The standard InChI is InChI=1S/C11H19N5O2/c1-15-4-6-16(7-5-15)10-13-9(18-14-10)11(17)2-3-12-8-11/h12,17H,2-8H2,1H3. The molecule has 1 atom stereocenters. The number of piperazine rings is 1. The van der Waals surface area contributed by atoms with Crippen molar-refractivity contribution in [2.75, 3.05) is 51.2 Å². The van der Waals surface area contributed by atoms with E-state index in [1.165, 1.54) is 0 Å². The third kappa shape index (κ3) is 2.09. The molecule has 2 fully saturated rings. The van der Waals surface area contributed by atoms with Gasteiger partial charge in [0.05, 0.1) is 0 Å². The molecule has 0 bridgehead atoms. The van der Waals surface area contributed by atoms with Crippen molar-refractivity contribution in [1.29, 1.82) is 0 Å². The summed E-state index contributed by atoms with van der Waals surface area (Å²) >= 11 is 0. The van der Waals surface area contributed by atoms with Crippen LogP contribution in [-0.4, -0.2) is 66.5 Å². The summed E-state index contributed by atoms with van der Waals surface area (Å²) in [7, 11) is 2.10. The number of aliphatic hydroxyl groups is 1. The van der Waals surface area contributed by atoms with Crippen LogP contribution in [0, 0.1) is 0 Å². The number of rotatable bonds is 2. The van der Waals surface area contributed by atoms with E-state index in [4.69, 9.17) is 4.52 Å². The molecule has 1 aromatic rings. The largest absolute Gasteiger partial charge is 0.379 e. The van der Waals surface area contributed by atoms with Crippen molar-refractivity contribution in [3.63, 3.8) is 0 Å². The van der Waals surface area contributed by atoms with Crippen LogP contribution >= 0.6 is 0 Å². The van der Waals surface area contributed by atoms with Gasteiger partial charge in [0.1, 0.15) is 0 Å². The molecule has 0 amide bonds. The summed E-state index contributed by atoms with van der Waals surface area (Å²) < 4.78 is 5.23. The van der Waals surface area contributed by atoms with Crippen molar-refractivity contribution in [1.82, 2.24) is 20.4 Å². The first-order valence-electron chi connectivity index (χ1n) is 6.38. The van der Waals surface area contributed by atoms with Gasteiger partial charge in [-0.2, -0.15) is 4.98 Å². The fourth-order valence-corrected chi connectivity index (χ4v) is 2.40. The summed E-state index contributed by atoms with van der Waals surface area (Å²) in [6, 6.07) is 0. The lowest BCUT2D eigenvalue weighted by Gasteiger charge is -2.31. The minimum atomic E-state index is -0.988. The predicted molar refractivity (Wildman–Crippen MR) is 65.4 cm³/mol. The molecule has 0 radical (unpaired) electrons. The van der Waals surface area contributed by atoms with Gasteiger partial charge < -0.3 is 24.7 Å². The van der Waals surface area contributed by atoms with Crippen LogP contribution in [0.2, 0.25) is 0 Å². The minimum Gasteiger partial charge on any atom is -0.379 e. The zero-order valence-electron chi connectivity index (χ0n) is 10.6. The first-order valence-corrected chi connectivity index (χ1v) is 6.38. The van der Waals surface area contributed by atoms with E-state index in [0.717, 1.165) is 32.7 Å². The third-order valence-corrected chi connectivity index (χ3v) is 3.73. The van der Waals surface area contributed by atoms with Gasteiger partial charge in [-0.15, -0.1) is 0 Å². The van der Waals surface area contributed by atoms with Crippen molar-refractivity contribution in [3.8, 4) is 0 Å². The molecule has 0 aliphatic carbocycles. The first kappa shape index (κ1) is 11.9. The van der Waals surface area contributed by atoms with E-state index >= 15 is 0 Å². The normalized spacial score (nSPS) is 30.0. The second-order valence-corrected chi connectivity index (χ2v) is 5.15. The molecule has 1 aromatic heterocycles. The fraction of sp³-hybridized carbons (Fsp3) is 0.818. The number of nitrogens with zero attached hydrogens (tertiary/aromatic N) is 4. The van der Waals surface area contributed by atoms with Crippen molar-refractivity contribution in [2.45, 2.75) is 12.0 Å². The molecule has 7 heteroatoms. The second kappa shape index (κ2) is 4.49. The van der Waals surface area contributed by atoms with E-state index in [2.05, 4.69) is 32.3 Å². The number of nitrogens with one attached hydrogen (secondary N) is 1. The van der Waals surface area contributed by atoms with Crippen molar-refractivity contribution < 1.29 is 9.63 Å². The van der Waals surface area contributed by atoms with Gasteiger partial charge in [0.25, 0.3) is 11.8 Å². The van der Waals surface area contributed by atoms with Gasteiger partial charge in [0.15, 0.2) is 5.60 Å². The maximum Gasteiger partial charge on any atom is 0.266 e. The van der Waals surface area contributed by atoms with Gasteiger partial charge >= 0.3 is 0 Å². The number of hydrogen-bond donors (Lipinski definition) is 2. The maximum atomic E-state index is 10.3. The average Bonchev–Trinajstić information content (AvgIpc) is 2.99. The summed E-state index contributed by atoms with van der Waals surface area (Å²) in [5, 5.41) is 17.4. The molecule has 3 rings (SSSR count). The van der Waals surface area contributed by atoms with E-state index in [1.807, 2.05) is 0 Å². The average molecular weight is 253 g/mol. The van der Waals surface area contributed by atoms with Crippen LogP contribution in [0.1, 0.15) is 12.3 Å². The molecular formula is C11H19N5O2. The van der Waals surface area contributed by atoms with Gasteiger partial charge in [-0.3, -0.25) is 0 Å². The second-order valence-electron chi connectivity index (χ2n) is 5.15. The van der Waals surface area contributed by atoms with Gasteiger partial charge in [-0.05, 0) is 25.2 Å². The molecule has 0 saturated carbocycles. The summed E-state index contributed by atoms with van der Waals surface area (Å²) in [5.41, 5.74) is -0.988. The molecule has 100 valence electrons. The number of hydrogen-bond acceptors (Lipinski definition) is 7. The van der Waals surface area contributed by atoms with Crippen LogP contribution in [0.5, 0.6) is 0 Å². The van der Waals surface area contributed by atoms with Crippen molar-refractivity contribution in [3.05, 3.63) is 5.89 Å². The summed E-state index contributed by atoms with van der Waals surface area (Å²) in [6.07, 6.45) is 0.622. The molecule has 2 N–H and O–H groups in total. The zero-order chi connectivity index (χ0) is 12.6. The highest BCUT2D eigenvalue weighted by Crippen LogP contribution is 2.27. The summed E-state index contributed by atoms with van der Waals surface area (Å²) in [6.45, 7) is 5.05. The van der Waals surface area contributed by atoms with E-state index < -0.39 is 5.60 Å². The number of aromatic nitrogens is 2. The predicted octanol–water partition coefficient (Wildman–Crippen LogP) is -0.998. The highest BCUT2D eigenvalue weighted by Gasteiger charge is 2.39. The Morgan fingerprint density at radius 2 is 2.11 bits per heavy atom. The number of anilines is 1. The van der Waals surface area contributed by atoms with Crippen molar-refractivity contribution >= 4 is 5.95 Å². The highest BCUT2D eigenvalue weighted by atomic mass is 16.5. The molecule has 2 saturated heterocycles. The van der Waals surface area contributed by atoms with Crippen LogP contribution in [0.15, 0.2) is 4.52 Å². The molecular weight excluding hydrogens is 234 g/mol. The molecule has 1 unspecified atom stereocenters. The monoisotopic (exact) mass is 253 g/mol. The van der Waals surface area contributed by atoms with E-state index in [1.54, 1.807) is 0 Å². The van der Waals surface area contributed by atoms with Gasteiger partial charge in [0.2, 0.25) is 0 Å². The van der Waals surface area contributed by atoms with Crippen LogP contribution in [-0.2, 0) is 5.60 Å². The maximum absolute atomic E-state index is 10.3.